The van der Waals surface area contributed by atoms with Gasteiger partial charge in [-0.2, -0.15) is 0 Å². The van der Waals surface area contributed by atoms with Crippen LogP contribution in [0.2, 0.25) is 0 Å². The molecule has 0 unspecified atom stereocenters. The van der Waals surface area contributed by atoms with E-state index >= 15 is 0 Å². The first-order chi connectivity index (χ1) is 14.3. The van der Waals surface area contributed by atoms with Crippen LogP contribution in [0.3, 0.4) is 0 Å². The number of likely N-dealkylation sites (tertiary alicyclic amines) is 1. The lowest BCUT2D eigenvalue weighted by atomic mass is 9.81. The summed E-state index contributed by atoms with van der Waals surface area (Å²) in [6, 6.07) is 0. The first-order valence-electron chi connectivity index (χ1n) is 10.2. The van der Waals surface area contributed by atoms with E-state index in [-0.39, 0.29) is 41.5 Å². The Labute approximate surface area is 174 Å². The van der Waals surface area contributed by atoms with Gasteiger partial charge in [0.2, 0.25) is 17.6 Å². The quantitative estimate of drug-likeness (QED) is 0.406. The number of carbonyl (C=O) groups excluding carboxylic acids is 5. The lowest BCUT2D eigenvalue weighted by Gasteiger charge is -2.19. The number of H-pyrrole nitrogens is 1. The van der Waals surface area contributed by atoms with Crippen molar-refractivity contribution in [3.05, 3.63) is 22.5 Å². The average Bonchev–Trinajstić information content (AvgIpc) is 3.15. The van der Waals surface area contributed by atoms with Crippen molar-refractivity contribution < 1.29 is 33.4 Å². The highest BCUT2D eigenvalue weighted by Crippen LogP contribution is 2.37. The Morgan fingerprint density at radius 3 is 2.20 bits per heavy atom. The number of ketones is 1. The summed E-state index contributed by atoms with van der Waals surface area (Å²) in [4.78, 5) is 65.3. The fourth-order valence-electron chi connectivity index (χ4n) is 4.32. The molecule has 2 atom stereocenters. The molecule has 0 aromatic carbocycles. The molecule has 9 heteroatoms. The monoisotopic (exact) mass is 418 g/mol. The summed E-state index contributed by atoms with van der Waals surface area (Å²) in [6.07, 6.45) is 3.12. The molecular formula is C21H26N2O7. The summed E-state index contributed by atoms with van der Waals surface area (Å²) in [6.45, 7) is 4.09. The number of ether oxygens (including phenoxy) is 2. The highest BCUT2D eigenvalue weighted by molar-refractivity contribution is 6.07. The Hall–Kier alpha value is -2.97. The number of nitrogens with one attached hydrogen (secondary N) is 1. The number of aromatic nitrogens is 1. The van der Waals surface area contributed by atoms with Crippen molar-refractivity contribution in [3.8, 4) is 0 Å². The van der Waals surface area contributed by atoms with E-state index in [1.807, 2.05) is 0 Å². The third-order valence-corrected chi connectivity index (χ3v) is 5.78. The third kappa shape index (κ3) is 4.01. The van der Waals surface area contributed by atoms with Crippen LogP contribution in [0.1, 0.15) is 64.7 Å². The molecule has 162 valence electrons. The van der Waals surface area contributed by atoms with Crippen LogP contribution in [0.15, 0.2) is 0 Å². The minimum absolute atomic E-state index is 0.155. The molecule has 30 heavy (non-hydrogen) atoms. The second-order valence-corrected chi connectivity index (χ2v) is 7.69. The number of aromatic amines is 1. The zero-order valence-electron chi connectivity index (χ0n) is 17.4. The minimum Gasteiger partial charge on any atom is -0.462 e. The number of carbonyl (C=O) groups is 5. The van der Waals surface area contributed by atoms with Gasteiger partial charge in [-0.05, 0) is 39.2 Å². The molecule has 1 saturated heterocycles. The Balaban J connectivity index is 1.59. The summed E-state index contributed by atoms with van der Waals surface area (Å²) in [5.41, 5.74) is 1.34. The SMILES string of the molecule is CCOC(=O)c1c(C)[nH]c(C(=O)COC(=O)CN2C(=O)[C@@H]3CCCC[C@H]3C2=O)c1C. The van der Waals surface area contributed by atoms with Crippen molar-refractivity contribution in [3.63, 3.8) is 0 Å². The standard InChI is InChI=1S/C21H26N2O7/c1-4-29-21(28)17-11(2)18(22-12(17)3)15(24)10-30-16(25)9-23-19(26)13-7-5-6-8-14(13)20(23)27/h13-14,22H,4-10H2,1-3H3/t13-,14-/m1/s1. The number of hydrogen-bond donors (Lipinski definition) is 1. The van der Waals surface area contributed by atoms with Crippen LogP contribution in [-0.2, 0) is 23.9 Å². The van der Waals surface area contributed by atoms with Gasteiger partial charge in [0, 0.05) is 5.69 Å². The van der Waals surface area contributed by atoms with E-state index < -0.39 is 30.9 Å². The Morgan fingerprint density at radius 2 is 1.63 bits per heavy atom. The Morgan fingerprint density at radius 1 is 1.03 bits per heavy atom. The number of hydrogen-bond acceptors (Lipinski definition) is 7. The van der Waals surface area contributed by atoms with Crippen LogP contribution in [0, 0.1) is 25.7 Å². The van der Waals surface area contributed by atoms with Crippen LogP contribution in [0.25, 0.3) is 0 Å². The van der Waals surface area contributed by atoms with E-state index in [9.17, 15) is 24.0 Å². The molecule has 2 heterocycles. The van der Waals surface area contributed by atoms with Gasteiger partial charge in [0.05, 0.1) is 29.7 Å². The van der Waals surface area contributed by atoms with Gasteiger partial charge < -0.3 is 14.5 Å². The molecule has 2 amide bonds. The second kappa shape index (κ2) is 8.81. The molecule has 0 bridgehead atoms. The molecule has 3 rings (SSSR count). The number of esters is 2. The predicted octanol–water partition coefficient (Wildman–Crippen LogP) is 1.71. The molecule has 1 aromatic rings. The maximum absolute atomic E-state index is 12.5. The van der Waals surface area contributed by atoms with E-state index in [1.54, 1.807) is 20.8 Å². The topological polar surface area (TPSA) is 123 Å². The van der Waals surface area contributed by atoms with E-state index in [2.05, 4.69) is 4.98 Å². The van der Waals surface area contributed by atoms with Crippen LogP contribution in [0.5, 0.6) is 0 Å². The molecule has 1 aromatic heterocycles. The normalized spacial score (nSPS) is 20.8. The molecule has 1 saturated carbocycles. The molecule has 2 fully saturated rings. The summed E-state index contributed by atoms with van der Waals surface area (Å²) in [7, 11) is 0. The lowest BCUT2D eigenvalue weighted by molar-refractivity contribution is -0.152. The van der Waals surface area contributed by atoms with Gasteiger partial charge in [-0.1, -0.05) is 12.8 Å². The van der Waals surface area contributed by atoms with Crippen molar-refractivity contribution >= 4 is 29.5 Å². The van der Waals surface area contributed by atoms with Crippen molar-refractivity contribution in [2.75, 3.05) is 19.8 Å². The summed E-state index contributed by atoms with van der Waals surface area (Å²) >= 11 is 0. The maximum atomic E-state index is 12.5. The largest absolute Gasteiger partial charge is 0.462 e. The zero-order valence-corrected chi connectivity index (χ0v) is 17.4. The number of Topliss-reactive ketones (excluding diaryl/α,β-unsaturated/α-hetero) is 1. The van der Waals surface area contributed by atoms with E-state index in [0.717, 1.165) is 17.7 Å². The molecule has 1 N–H and O–H groups in total. The van der Waals surface area contributed by atoms with Crippen LogP contribution in [0.4, 0.5) is 0 Å². The van der Waals surface area contributed by atoms with Gasteiger partial charge in [-0.3, -0.25) is 24.1 Å². The van der Waals surface area contributed by atoms with E-state index in [4.69, 9.17) is 9.47 Å². The van der Waals surface area contributed by atoms with Gasteiger partial charge in [0.1, 0.15) is 6.54 Å². The highest BCUT2D eigenvalue weighted by Gasteiger charge is 2.48. The van der Waals surface area contributed by atoms with Gasteiger partial charge in [0.15, 0.2) is 6.61 Å². The maximum Gasteiger partial charge on any atom is 0.340 e. The highest BCUT2D eigenvalue weighted by atomic mass is 16.5. The van der Waals surface area contributed by atoms with Gasteiger partial charge in [-0.15, -0.1) is 0 Å². The van der Waals surface area contributed by atoms with Gasteiger partial charge in [0.25, 0.3) is 0 Å². The van der Waals surface area contributed by atoms with E-state index in [1.165, 1.54) is 0 Å². The van der Waals surface area contributed by atoms with Crippen molar-refractivity contribution in [1.82, 2.24) is 9.88 Å². The zero-order chi connectivity index (χ0) is 22.0. The summed E-state index contributed by atoms with van der Waals surface area (Å²) in [5.74, 6) is -3.22. The number of imide groups is 1. The van der Waals surface area contributed by atoms with Crippen molar-refractivity contribution in [1.29, 1.82) is 0 Å². The van der Waals surface area contributed by atoms with Crippen molar-refractivity contribution in [2.24, 2.45) is 11.8 Å². The lowest BCUT2D eigenvalue weighted by Crippen LogP contribution is -2.37. The smallest absolute Gasteiger partial charge is 0.340 e. The fraction of sp³-hybridized carbons (Fsp3) is 0.571. The number of fused-ring (bicyclic) bond motifs is 1. The van der Waals surface area contributed by atoms with Crippen molar-refractivity contribution in [2.45, 2.75) is 46.5 Å². The molecule has 0 radical (unpaired) electrons. The first-order valence-corrected chi connectivity index (χ1v) is 10.2. The van der Waals surface area contributed by atoms with Crippen LogP contribution >= 0.6 is 0 Å². The third-order valence-electron chi connectivity index (χ3n) is 5.78. The number of nitrogens with zero attached hydrogens (tertiary/aromatic N) is 1. The second-order valence-electron chi connectivity index (χ2n) is 7.69. The Bertz CT molecular complexity index is 877. The van der Waals surface area contributed by atoms with E-state index in [0.29, 0.717) is 24.1 Å². The van der Waals surface area contributed by atoms with Crippen LogP contribution < -0.4 is 0 Å². The Kier molecular flexibility index (Phi) is 6.38. The fourth-order valence-corrected chi connectivity index (χ4v) is 4.32. The first kappa shape index (κ1) is 21.7. The van der Waals surface area contributed by atoms with Gasteiger partial charge >= 0.3 is 11.9 Å². The molecule has 1 aliphatic carbocycles. The molecule has 9 nitrogen and oxygen atoms in total. The van der Waals surface area contributed by atoms with Crippen LogP contribution in [-0.4, -0.2) is 59.2 Å². The minimum atomic E-state index is -0.824. The predicted molar refractivity (Wildman–Crippen MR) is 104 cm³/mol. The summed E-state index contributed by atoms with van der Waals surface area (Å²) in [5, 5.41) is 0. The number of amides is 2. The average molecular weight is 418 g/mol. The number of aryl methyl sites for hydroxylation is 1. The molecule has 2 aliphatic rings. The molecule has 0 spiro atoms. The number of rotatable bonds is 7. The molecule has 1 aliphatic heterocycles. The van der Waals surface area contributed by atoms with Gasteiger partial charge in [-0.25, -0.2) is 4.79 Å². The summed E-state index contributed by atoms with van der Waals surface area (Å²) < 4.78 is 10.0. The molecular weight excluding hydrogens is 392 g/mol.